The van der Waals surface area contributed by atoms with Gasteiger partial charge in [-0.1, -0.05) is 20.8 Å². The van der Waals surface area contributed by atoms with Crippen LogP contribution >= 0.6 is 0 Å². The fourth-order valence-corrected chi connectivity index (χ4v) is 2.38. The average Bonchev–Trinajstić information content (AvgIpc) is 2.29. The Labute approximate surface area is 98.4 Å². The van der Waals surface area contributed by atoms with Crippen molar-refractivity contribution < 1.29 is 4.79 Å². The Morgan fingerprint density at radius 2 is 2.19 bits per heavy atom. The molecule has 1 aliphatic heterocycles. The predicted octanol–water partition coefficient (Wildman–Crippen LogP) is 2.57. The van der Waals surface area contributed by atoms with Gasteiger partial charge in [0, 0.05) is 12.6 Å². The van der Waals surface area contributed by atoms with E-state index in [0.29, 0.717) is 6.04 Å². The standard InChI is InChI=1S/C13H22N2O/c1-4-11-7-5-6-8-15(11)13(16)12(9-14)10(2)3/h10-12H,4-8H2,1-3H3. The lowest BCUT2D eigenvalue weighted by Gasteiger charge is -2.37. The zero-order chi connectivity index (χ0) is 12.1. The van der Waals surface area contributed by atoms with E-state index >= 15 is 0 Å². The molecule has 1 aliphatic rings. The Bertz CT molecular complexity index is 280. The van der Waals surface area contributed by atoms with E-state index in [9.17, 15) is 4.79 Å². The van der Waals surface area contributed by atoms with Gasteiger partial charge < -0.3 is 4.90 Å². The third-order valence-electron chi connectivity index (χ3n) is 3.45. The molecule has 1 saturated heterocycles. The van der Waals surface area contributed by atoms with Crippen LogP contribution in [0.3, 0.4) is 0 Å². The number of amides is 1. The first-order valence-corrected chi connectivity index (χ1v) is 6.31. The average molecular weight is 222 g/mol. The number of carbonyl (C=O) groups excluding carboxylic acids is 1. The van der Waals surface area contributed by atoms with Crippen molar-refractivity contribution in [3.05, 3.63) is 0 Å². The Kier molecular flexibility index (Phi) is 4.79. The van der Waals surface area contributed by atoms with E-state index in [1.54, 1.807) is 0 Å². The van der Waals surface area contributed by atoms with Crippen LogP contribution in [0.25, 0.3) is 0 Å². The molecule has 90 valence electrons. The van der Waals surface area contributed by atoms with Crippen molar-refractivity contribution in [1.82, 2.24) is 4.90 Å². The molecular formula is C13H22N2O. The zero-order valence-corrected chi connectivity index (χ0v) is 10.6. The minimum absolute atomic E-state index is 0.0454. The summed E-state index contributed by atoms with van der Waals surface area (Å²) in [5.41, 5.74) is 0. The maximum Gasteiger partial charge on any atom is 0.240 e. The Morgan fingerprint density at radius 3 is 2.69 bits per heavy atom. The summed E-state index contributed by atoms with van der Waals surface area (Å²) in [4.78, 5) is 14.2. The van der Waals surface area contributed by atoms with Crippen LogP contribution in [0.15, 0.2) is 0 Å². The number of rotatable bonds is 3. The van der Waals surface area contributed by atoms with Crippen LogP contribution < -0.4 is 0 Å². The highest BCUT2D eigenvalue weighted by Gasteiger charge is 2.32. The number of hydrogen-bond donors (Lipinski definition) is 0. The molecule has 1 amide bonds. The number of carbonyl (C=O) groups is 1. The molecule has 1 fully saturated rings. The highest BCUT2D eigenvalue weighted by molar-refractivity contribution is 5.81. The Morgan fingerprint density at radius 1 is 1.50 bits per heavy atom. The minimum atomic E-state index is -0.466. The van der Waals surface area contributed by atoms with Gasteiger partial charge in [0.05, 0.1) is 6.07 Å². The Balaban J connectivity index is 2.74. The predicted molar refractivity (Wildman–Crippen MR) is 63.6 cm³/mol. The van der Waals surface area contributed by atoms with E-state index in [4.69, 9.17) is 5.26 Å². The summed E-state index contributed by atoms with van der Waals surface area (Å²) in [6.45, 7) is 6.84. The topological polar surface area (TPSA) is 44.1 Å². The number of likely N-dealkylation sites (tertiary alicyclic amines) is 1. The first-order chi connectivity index (χ1) is 7.61. The molecule has 16 heavy (non-hydrogen) atoms. The highest BCUT2D eigenvalue weighted by atomic mass is 16.2. The summed E-state index contributed by atoms with van der Waals surface area (Å²) in [5, 5.41) is 9.06. The monoisotopic (exact) mass is 222 g/mol. The molecule has 3 nitrogen and oxygen atoms in total. The van der Waals surface area contributed by atoms with E-state index in [1.165, 1.54) is 6.42 Å². The molecule has 0 aromatic rings. The summed E-state index contributed by atoms with van der Waals surface area (Å²) >= 11 is 0. The van der Waals surface area contributed by atoms with Gasteiger partial charge in [-0.3, -0.25) is 4.79 Å². The van der Waals surface area contributed by atoms with Crippen LogP contribution in [0.1, 0.15) is 46.5 Å². The maximum absolute atomic E-state index is 12.2. The van der Waals surface area contributed by atoms with Crippen LogP contribution in [0.4, 0.5) is 0 Å². The fraction of sp³-hybridized carbons (Fsp3) is 0.846. The van der Waals surface area contributed by atoms with E-state index in [0.717, 1.165) is 25.8 Å². The lowest BCUT2D eigenvalue weighted by Crippen LogP contribution is -2.46. The van der Waals surface area contributed by atoms with Gasteiger partial charge in [-0.05, 0) is 31.6 Å². The number of nitriles is 1. The van der Waals surface area contributed by atoms with Crippen LogP contribution in [-0.4, -0.2) is 23.4 Å². The van der Waals surface area contributed by atoms with Crippen molar-refractivity contribution in [1.29, 1.82) is 5.26 Å². The van der Waals surface area contributed by atoms with Crippen molar-refractivity contribution >= 4 is 5.91 Å². The molecule has 1 heterocycles. The molecule has 0 radical (unpaired) electrons. The molecule has 1 rings (SSSR count). The van der Waals surface area contributed by atoms with Gasteiger partial charge in [-0.2, -0.15) is 5.26 Å². The molecule has 0 spiro atoms. The second-order valence-electron chi connectivity index (χ2n) is 4.94. The number of nitrogens with zero attached hydrogens (tertiary/aromatic N) is 2. The van der Waals surface area contributed by atoms with E-state index in [2.05, 4.69) is 13.0 Å². The SMILES string of the molecule is CCC1CCCCN1C(=O)C(C#N)C(C)C. The van der Waals surface area contributed by atoms with Crippen LogP contribution in [0.5, 0.6) is 0 Å². The molecule has 0 N–H and O–H groups in total. The summed E-state index contributed by atoms with van der Waals surface area (Å²) in [5.74, 6) is -0.312. The van der Waals surface area contributed by atoms with Crippen LogP contribution in [-0.2, 0) is 4.79 Å². The van der Waals surface area contributed by atoms with Crippen molar-refractivity contribution in [2.24, 2.45) is 11.8 Å². The van der Waals surface area contributed by atoms with Crippen molar-refractivity contribution in [3.8, 4) is 6.07 Å². The Hall–Kier alpha value is -1.04. The van der Waals surface area contributed by atoms with E-state index < -0.39 is 5.92 Å². The molecule has 0 aliphatic carbocycles. The molecule has 0 saturated carbocycles. The molecule has 0 aromatic heterocycles. The molecule has 0 bridgehead atoms. The molecule has 3 heteroatoms. The maximum atomic E-state index is 12.2. The fourth-order valence-electron chi connectivity index (χ4n) is 2.38. The zero-order valence-electron chi connectivity index (χ0n) is 10.6. The van der Waals surface area contributed by atoms with Crippen molar-refractivity contribution in [2.45, 2.75) is 52.5 Å². The van der Waals surface area contributed by atoms with E-state index in [1.807, 2.05) is 18.7 Å². The molecular weight excluding hydrogens is 200 g/mol. The molecule has 2 atom stereocenters. The second-order valence-corrected chi connectivity index (χ2v) is 4.94. The summed E-state index contributed by atoms with van der Waals surface area (Å²) in [6.07, 6.45) is 4.39. The van der Waals surface area contributed by atoms with Gasteiger partial charge in [-0.25, -0.2) is 0 Å². The van der Waals surface area contributed by atoms with Crippen molar-refractivity contribution in [3.63, 3.8) is 0 Å². The normalized spacial score (nSPS) is 22.9. The highest BCUT2D eigenvalue weighted by Crippen LogP contribution is 2.23. The van der Waals surface area contributed by atoms with Gasteiger partial charge in [0.1, 0.15) is 5.92 Å². The third-order valence-corrected chi connectivity index (χ3v) is 3.45. The first kappa shape index (κ1) is 13.0. The van der Waals surface area contributed by atoms with Crippen LogP contribution in [0, 0.1) is 23.2 Å². The number of hydrogen-bond acceptors (Lipinski definition) is 2. The van der Waals surface area contributed by atoms with Crippen molar-refractivity contribution in [2.75, 3.05) is 6.54 Å². The minimum Gasteiger partial charge on any atom is -0.339 e. The van der Waals surface area contributed by atoms with Crippen LogP contribution in [0.2, 0.25) is 0 Å². The lowest BCUT2D eigenvalue weighted by molar-refractivity contribution is -0.138. The summed E-state index contributed by atoms with van der Waals surface area (Å²) < 4.78 is 0. The lowest BCUT2D eigenvalue weighted by atomic mass is 9.92. The summed E-state index contributed by atoms with van der Waals surface area (Å²) in [6, 6.07) is 2.51. The van der Waals surface area contributed by atoms with Gasteiger partial charge >= 0.3 is 0 Å². The molecule has 2 unspecified atom stereocenters. The van der Waals surface area contributed by atoms with Gasteiger partial charge in [0.15, 0.2) is 0 Å². The van der Waals surface area contributed by atoms with Gasteiger partial charge in [0.25, 0.3) is 0 Å². The van der Waals surface area contributed by atoms with Gasteiger partial charge in [0.2, 0.25) is 5.91 Å². The largest absolute Gasteiger partial charge is 0.339 e. The molecule has 0 aromatic carbocycles. The van der Waals surface area contributed by atoms with E-state index in [-0.39, 0.29) is 11.8 Å². The number of piperidine rings is 1. The quantitative estimate of drug-likeness (QED) is 0.736. The smallest absolute Gasteiger partial charge is 0.240 e. The first-order valence-electron chi connectivity index (χ1n) is 6.31. The third kappa shape index (κ3) is 2.75. The summed E-state index contributed by atoms with van der Waals surface area (Å²) in [7, 11) is 0. The second kappa shape index (κ2) is 5.89. The van der Waals surface area contributed by atoms with Gasteiger partial charge in [-0.15, -0.1) is 0 Å².